The highest BCUT2D eigenvalue weighted by atomic mass is 79.9. The Hall–Kier alpha value is 0.180. The van der Waals surface area contributed by atoms with Gasteiger partial charge in [0.1, 0.15) is 3.23 Å². The number of halogens is 2. The van der Waals surface area contributed by atoms with Crippen molar-refractivity contribution in [3.63, 3.8) is 0 Å². The van der Waals surface area contributed by atoms with Crippen LogP contribution >= 0.6 is 31.9 Å². The number of rotatable bonds is 2. The molecule has 0 N–H and O–H groups in total. The molecule has 11 heavy (non-hydrogen) atoms. The van der Waals surface area contributed by atoms with Crippen LogP contribution in [0.1, 0.15) is 18.9 Å². The molecule has 0 nitrogen and oxygen atoms in total. The molecule has 1 aromatic carbocycles. The first-order valence-corrected chi connectivity index (χ1v) is 5.19. The average Bonchev–Trinajstić information content (AvgIpc) is 2.06. The second kappa shape index (κ2) is 3.72. The first-order valence-electron chi connectivity index (χ1n) is 3.60. The van der Waals surface area contributed by atoms with Gasteiger partial charge >= 0.3 is 0 Å². The van der Waals surface area contributed by atoms with Crippen LogP contribution < -0.4 is 0 Å². The van der Waals surface area contributed by atoms with Crippen LogP contribution in [0, 0.1) is 0 Å². The fourth-order valence-electron chi connectivity index (χ4n) is 0.886. The third-order valence-electron chi connectivity index (χ3n) is 1.64. The lowest BCUT2D eigenvalue weighted by atomic mass is 10.1. The van der Waals surface area contributed by atoms with Gasteiger partial charge in [0.25, 0.3) is 0 Å². The van der Waals surface area contributed by atoms with Crippen LogP contribution in [-0.2, 0) is 3.23 Å². The van der Waals surface area contributed by atoms with E-state index in [1.807, 2.05) is 18.2 Å². The standard InChI is InChI=1S/C9H10Br2/c1-2-9(10,11)8-6-4-3-5-7-8/h3-7H,2H2,1H3. The Kier molecular flexibility index (Phi) is 3.14. The highest BCUT2D eigenvalue weighted by Crippen LogP contribution is 2.40. The number of hydrogen-bond donors (Lipinski definition) is 0. The van der Waals surface area contributed by atoms with Gasteiger partial charge in [-0.1, -0.05) is 69.1 Å². The van der Waals surface area contributed by atoms with Gasteiger partial charge < -0.3 is 0 Å². The quantitative estimate of drug-likeness (QED) is 0.716. The van der Waals surface area contributed by atoms with E-state index in [1.165, 1.54) is 5.56 Å². The molecule has 0 saturated heterocycles. The molecular formula is C9H10Br2. The molecule has 60 valence electrons. The van der Waals surface area contributed by atoms with Gasteiger partial charge in [-0.15, -0.1) is 0 Å². The minimum Gasteiger partial charge on any atom is -0.0674 e. The average molecular weight is 278 g/mol. The smallest absolute Gasteiger partial charge is 0.0674 e. The van der Waals surface area contributed by atoms with E-state index in [1.54, 1.807) is 0 Å². The maximum atomic E-state index is 3.61. The third kappa shape index (κ3) is 2.31. The third-order valence-corrected chi connectivity index (χ3v) is 3.68. The summed E-state index contributed by atoms with van der Waals surface area (Å²) in [7, 11) is 0. The highest BCUT2D eigenvalue weighted by molar-refractivity contribution is 9.24. The van der Waals surface area contributed by atoms with E-state index in [4.69, 9.17) is 0 Å². The van der Waals surface area contributed by atoms with Crippen molar-refractivity contribution >= 4 is 31.9 Å². The van der Waals surface area contributed by atoms with E-state index in [9.17, 15) is 0 Å². The Morgan fingerprint density at radius 3 is 2.18 bits per heavy atom. The zero-order chi connectivity index (χ0) is 8.32. The number of hydrogen-bond acceptors (Lipinski definition) is 0. The Balaban J connectivity index is 2.93. The molecule has 0 saturated carbocycles. The van der Waals surface area contributed by atoms with Crippen molar-refractivity contribution in [2.45, 2.75) is 16.6 Å². The van der Waals surface area contributed by atoms with Gasteiger partial charge in [-0.25, -0.2) is 0 Å². The van der Waals surface area contributed by atoms with Crippen LogP contribution in [0.2, 0.25) is 0 Å². The van der Waals surface area contributed by atoms with Gasteiger partial charge in [-0.05, 0) is 12.0 Å². The molecule has 0 bridgehead atoms. The van der Waals surface area contributed by atoms with Crippen molar-refractivity contribution in [3.8, 4) is 0 Å². The van der Waals surface area contributed by atoms with Crippen LogP contribution in [0.3, 0.4) is 0 Å². The second-order valence-electron chi connectivity index (χ2n) is 2.42. The van der Waals surface area contributed by atoms with Crippen molar-refractivity contribution < 1.29 is 0 Å². The SMILES string of the molecule is CCC(Br)(Br)c1ccccc1. The van der Waals surface area contributed by atoms with Gasteiger partial charge in [0.2, 0.25) is 0 Å². The molecule has 0 amide bonds. The van der Waals surface area contributed by atoms with Crippen molar-refractivity contribution in [1.82, 2.24) is 0 Å². The molecule has 0 aliphatic heterocycles. The number of alkyl halides is 2. The van der Waals surface area contributed by atoms with Crippen LogP contribution in [0.25, 0.3) is 0 Å². The van der Waals surface area contributed by atoms with E-state index < -0.39 is 0 Å². The Labute approximate surface area is 84.3 Å². The van der Waals surface area contributed by atoms with Crippen molar-refractivity contribution in [2.75, 3.05) is 0 Å². The van der Waals surface area contributed by atoms with E-state index in [2.05, 4.69) is 50.9 Å². The minimum absolute atomic E-state index is 0.0404. The lowest BCUT2D eigenvalue weighted by Crippen LogP contribution is -2.05. The largest absolute Gasteiger partial charge is 0.105 e. The molecule has 1 rings (SSSR count). The monoisotopic (exact) mass is 276 g/mol. The molecule has 0 aromatic heterocycles. The van der Waals surface area contributed by atoms with Crippen LogP contribution in [-0.4, -0.2) is 0 Å². The summed E-state index contributed by atoms with van der Waals surface area (Å²) in [5, 5.41) is 0. The first-order chi connectivity index (χ1) is 5.17. The normalized spacial score (nSPS) is 11.5. The van der Waals surface area contributed by atoms with Crippen LogP contribution in [0.4, 0.5) is 0 Å². The predicted octanol–water partition coefficient (Wildman–Crippen LogP) is 4.04. The summed E-state index contributed by atoms with van der Waals surface area (Å²) < 4.78 is -0.0404. The lowest BCUT2D eigenvalue weighted by Gasteiger charge is -2.18. The summed E-state index contributed by atoms with van der Waals surface area (Å²) in [5.41, 5.74) is 1.27. The fraction of sp³-hybridized carbons (Fsp3) is 0.333. The Bertz CT molecular complexity index is 216. The second-order valence-corrected chi connectivity index (χ2v) is 6.20. The minimum atomic E-state index is -0.0404. The molecule has 1 aromatic rings. The summed E-state index contributed by atoms with van der Waals surface area (Å²) in [5.74, 6) is 0. The van der Waals surface area contributed by atoms with E-state index in [0.29, 0.717) is 0 Å². The lowest BCUT2D eigenvalue weighted by molar-refractivity contribution is 0.864. The van der Waals surface area contributed by atoms with Gasteiger partial charge in [0.15, 0.2) is 0 Å². The summed E-state index contributed by atoms with van der Waals surface area (Å²) in [6, 6.07) is 10.3. The zero-order valence-corrected chi connectivity index (χ0v) is 9.52. The molecule has 0 radical (unpaired) electrons. The van der Waals surface area contributed by atoms with Crippen molar-refractivity contribution in [3.05, 3.63) is 35.9 Å². The van der Waals surface area contributed by atoms with Crippen LogP contribution in [0.15, 0.2) is 30.3 Å². The van der Waals surface area contributed by atoms with Crippen molar-refractivity contribution in [1.29, 1.82) is 0 Å². The topological polar surface area (TPSA) is 0 Å². The van der Waals surface area contributed by atoms with Gasteiger partial charge in [0.05, 0.1) is 0 Å². The van der Waals surface area contributed by atoms with E-state index >= 15 is 0 Å². The maximum absolute atomic E-state index is 3.61. The van der Waals surface area contributed by atoms with Gasteiger partial charge in [-0.2, -0.15) is 0 Å². The summed E-state index contributed by atoms with van der Waals surface area (Å²) in [6.45, 7) is 2.14. The van der Waals surface area contributed by atoms with Crippen LogP contribution in [0.5, 0.6) is 0 Å². The Morgan fingerprint density at radius 1 is 1.18 bits per heavy atom. The predicted molar refractivity (Wildman–Crippen MR) is 56.3 cm³/mol. The maximum Gasteiger partial charge on any atom is 0.105 e. The van der Waals surface area contributed by atoms with E-state index in [0.717, 1.165) is 6.42 Å². The molecule has 0 spiro atoms. The molecule has 0 unspecified atom stereocenters. The summed E-state index contributed by atoms with van der Waals surface area (Å²) in [4.78, 5) is 0. The molecule has 2 heteroatoms. The first kappa shape index (κ1) is 9.27. The van der Waals surface area contributed by atoms with Crippen molar-refractivity contribution in [2.24, 2.45) is 0 Å². The number of benzene rings is 1. The molecule has 0 aliphatic rings. The molecule has 0 atom stereocenters. The van der Waals surface area contributed by atoms with Gasteiger partial charge in [0, 0.05) is 0 Å². The molecule has 0 aliphatic carbocycles. The fourth-order valence-corrected chi connectivity index (χ4v) is 1.41. The zero-order valence-electron chi connectivity index (χ0n) is 6.35. The highest BCUT2D eigenvalue weighted by Gasteiger charge is 2.21. The van der Waals surface area contributed by atoms with E-state index in [-0.39, 0.29) is 3.23 Å². The Morgan fingerprint density at radius 2 is 1.73 bits per heavy atom. The molecular weight excluding hydrogens is 268 g/mol. The van der Waals surface area contributed by atoms with Gasteiger partial charge in [-0.3, -0.25) is 0 Å². The summed E-state index contributed by atoms with van der Waals surface area (Å²) in [6.07, 6.45) is 1.02. The summed E-state index contributed by atoms with van der Waals surface area (Å²) >= 11 is 7.21. The molecule has 0 heterocycles. The molecule has 0 fully saturated rings.